The summed E-state index contributed by atoms with van der Waals surface area (Å²) in [6, 6.07) is 11.5. The van der Waals surface area contributed by atoms with Crippen LogP contribution in [0, 0.1) is 0 Å². The normalized spacial score (nSPS) is 14.4. The Labute approximate surface area is 250 Å². The topological polar surface area (TPSA) is 148 Å². The van der Waals surface area contributed by atoms with Crippen LogP contribution in [0.15, 0.2) is 48.5 Å². The van der Waals surface area contributed by atoms with Gasteiger partial charge in [0.2, 0.25) is 11.9 Å². The maximum Gasteiger partial charge on any atom is 0.422 e. The Morgan fingerprint density at radius 3 is 2.30 bits per heavy atom. The number of anilines is 3. The number of carboxylic acid groups (broad SMARTS) is 1. The summed E-state index contributed by atoms with van der Waals surface area (Å²) in [5, 5.41) is 18.6. The summed E-state index contributed by atoms with van der Waals surface area (Å²) in [6.45, 7) is -1.10. The van der Waals surface area contributed by atoms with E-state index >= 15 is 0 Å². The molecular formula is C28H30ClF3N6O5. The monoisotopic (exact) mass is 622 g/mol. The summed E-state index contributed by atoms with van der Waals surface area (Å²) in [4.78, 5) is 36.5. The lowest BCUT2D eigenvalue weighted by Gasteiger charge is -2.19. The van der Waals surface area contributed by atoms with Crippen molar-refractivity contribution in [3.8, 4) is 6.01 Å². The third-order valence-corrected chi connectivity index (χ3v) is 6.83. The van der Waals surface area contributed by atoms with Gasteiger partial charge in [0.05, 0.1) is 5.54 Å². The predicted octanol–water partition coefficient (Wildman–Crippen LogP) is 5.31. The lowest BCUT2D eigenvalue weighted by atomic mass is 10.1. The molecular weight excluding hydrogens is 593 g/mol. The molecule has 1 aromatic heterocycles. The lowest BCUT2D eigenvalue weighted by Crippen LogP contribution is -2.40. The number of methoxy groups -OCH3 is 1. The van der Waals surface area contributed by atoms with E-state index in [0.29, 0.717) is 30.2 Å². The number of nitrogens with zero attached hydrogens (tertiary/aromatic N) is 3. The number of amides is 1. The van der Waals surface area contributed by atoms with Crippen molar-refractivity contribution in [3.63, 3.8) is 0 Å². The zero-order valence-electron chi connectivity index (χ0n) is 23.1. The molecule has 1 atom stereocenters. The molecule has 1 aliphatic carbocycles. The third-order valence-electron chi connectivity index (χ3n) is 6.58. The summed E-state index contributed by atoms with van der Waals surface area (Å²) in [5.41, 5.74) is 1.01. The number of carbonyl (C=O) groups is 2. The highest BCUT2D eigenvalue weighted by Gasteiger charge is 2.45. The van der Waals surface area contributed by atoms with Crippen LogP contribution in [0.4, 0.5) is 30.8 Å². The second kappa shape index (κ2) is 13.9. The molecule has 43 heavy (non-hydrogen) atoms. The van der Waals surface area contributed by atoms with Gasteiger partial charge in [-0.15, -0.1) is 0 Å². The van der Waals surface area contributed by atoms with Crippen LogP contribution < -0.4 is 20.7 Å². The minimum Gasteiger partial charge on any atom is -0.480 e. The Morgan fingerprint density at radius 2 is 1.70 bits per heavy atom. The minimum atomic E-state index is -4.60. The van der Waals surface area contributed by atoms with E-state index in [1.54, 1.807) is 19.2 Å². The quantitative estimate of drug-likeness (QED) is 0.164. The van der Waals surface area contributed by atoms with Crippen LogP contribution in [0.3, 0.4) is 0 Å². The Morgan fingerprint density at radius 1 is 1.02 bits per heavy atom. The number of hydrogen-bond acceptors (Lipinski definition) is 9. The number of aromatic nitrogens is 3. The second-order valence-electron chi connectivity index (χ2n) is 9.94. The molecule has 1 heterocycles. The van der Waals surface area contributed by atoms with E-state index in [1.165, 1.54) is 24.3 Å². The molecule has 1 aliphatic rings. The first-order valence-corrected chi connectivity index (χ1v) is 13.7. The van der Waals surface area contributed by atoms with Crippen molar-refractivity contribution in [3.05, 3.63) is 64.7 Å². The summed E-state index contributed by atoms with van der Waals surface area (Å²) in [6.07, 6.45) is -1.66. The Kier molecular flexibility index (Phi) is 10.2. The fourth-order valence-corrected chi connectivity index (χ4v) is 4.33. The highest BCUT2D eigenvalue weighted by molar-refractivity contribution is 6.30. The van der Waals surface area contributed by atoms with Gasteiger partial charge in [-0.1, -0.05) is 23.7 Å². The van der Waals surface area contributed by atoms with Crippen molar-refractivity contribution < 1.29 is 37.3 Å². The molecule has 11 nitrogen and oxygen atoms in total. The summed E-state index contributed by atoms with van der Waals surface area (Å²) in [7, 11) is 1.55. The minimum absolute atomic E-state index is 0.00309. The summed E-state index contributed by atoms with van der Waals surface area (Å²) < 4.78 is 48.3. The first kappa shape index (κ1) is 31.8. The maximum atomic E-state index is 12.8. The van der Waals surface area contributed by atoms with Gasteiger partial charge in [0, 0.05) is 30.0 Å². The van der Waals surface area contributed by atoms with Gasteiger partial charge in [0.25, 0.3) is 5.91 Å². The van der Waals surface area contributed by atoms with Crippen molar-refractivity contribution in [1.29, 1.82) is 0 Å². The molecule has 4 rings (SSSR count). The first-order valence-electron chi connectivity index (χ1n) is 13.4. The van der Waals surface area contributed by atoms with Crippen LogP contribution in [0.2, 0.25) is 5.02 Å². The molecule has 230 valence electrons. The van der Waals surface area contributed by atoms with E-state index in [4.69, 9.17) is 21.1 Å². The van der Waals surface area contributed by atoms with E-state index in [-0.39, 0.29) is 23.9 Å². The third kappa shape index (κ3) is 9.41. The molecule has 0 saturated heterocycles. The molecule has 1 saturated carbocycles. The van der Waals surface area contributed by atoms with E-state index in [1.807, 2.05) is 12.1 Å². The van der Waals surface area contributed by atoms with Crippen molar-refractivity contribution >= 4 is 41.1 Å². The zero-order chi connectivity index (χ0) is 31.0. The van der Waals surface area contributed by atoms with Gasteiger partial charge < -0.3 is 30.5 Å². The van der Waals surface area contributed by atoms with Gasteiger partial charge in [-0.2, -0.15) is 28.1 Å². The Balaban J connectivity index is 1.47. The van der Waals surface area contributed by atoms with Crippen molar-refractivity contribution in [2.24, 2.45) is 0 Å². The fraction of sp³-hybridized carbons (Fsp3) is 0.393. The van der Waals surface area contributed by atoms with Crippen LogP contribution in [-0.2, 0) is 15.1 Å². The number of unbranched alkanes of at least 4 members (excludes halogenated alkanes) is 1. The van der Waals surface area contributed by atoms with Crippen molar-refractivity contribution in [1.82, 2.24) is 20.3 Å². The lowest BCUT2D eigenvalue weighted by molar-refractivity contribution is -0.154. The number of rotatable bonds is 15. The van der Waals surface area contributed by atoms with Crippen LogP contribution in [0.1, 0.15) is 48.0 Å². The highest BCUT2D eigenvalue weighted by atomic mass is 35.5. The molecule has 4 N–H and O–H groups in total. The van der Waals surface area contributed by atoms with Crippen LogP contribution >= 0.6 is 11.6 Å². The summed E-state index contributed by atoms with van der Waals surface area (Å²) in [5.74, 6) is -1.81. The molecule has 3 aromatic rings. The zero-order valence-corrected chi connectivity index (χ0v) is 23.8. The van der Waals surface area contributed by atoms with Crippen molar-refractivity contribution in [2.45, 2.75) is 49.9 Å². The summed E-state index contributed by atoms with van der Waals surface area (Å²) >= 11 is 6.00. The molecule has 0 radical (unpaired) electrons. The average Bonchev–Trinajstić information content (AvgIpc) is 3.74. The van der Waals surface area contributed by atoms with Gasteiger partial charge in [0.1, 0.15) is 6.04 Å². The number of hydrogen-bond donors (Lipinski definition) is 4. The average molecular weight is 623 g/mol. The molecule has 0 spiro atoms. The maximum absolute atomic E-state index is 12.8. The number of aliphatic carboxylic acids is 1. The molecule has 15 heteroatoms. The Hall–Kier alpha value is -4.17. The molecule has 0 unspecified atom stereocenters. The van der Waals surface area contributed by atoms with Crippen LogP contribution in [0.25, 0.3) is 0 Å². The van der Waals surface area contributed by atoms with E-state index in [9.17, 15) is 27.9 Å². The second-order valence-corrected chi connectivity index (χ2v) is 10.4. The highest BCUT2D eigenvalue weighted by Crippen LogP contribution is 2.48. The van der Waals surface area contributed by atoms with Gasteiger partial charge >= 0.3 is 18.2 Å². The largest absolute Gasteiger partial charge is 0.480 e. The Bertz CT molecular complexity index is 1410. The van der Waals surface area contributed by atoms with Gasteiger partial charge in [-0.3, -0.25) is 4.79 Å². The van der Waals surface area contributed by atoms with E-state index < -0.39 is 42.3 Å². The number of benzene rings is 2. The molecule has 1 fully saturated rings. The number of halogens is 4. The molecule has 0 bridgehead atoms. The molecule has 2 aromatic carbocycles. The van der Waals surface area contributed by atoms with Gasteiger partial charge in [0.15, 0.2) is 6.61 Å². The number of carbonyl (C=O) groups excluding carboxylic acids is 1. The fourth-order valence-electron chi connectivity index (χ4n) is 4.20. The van der Waals surface area contributed by atoms with Crippen molar-refractivity contribution in [2.75, 3.05) is 31.0 Å². The SMILES string of the molecule is COCCCC[C@H](NC(=O)c1ccc(Nc2nc(NC3(c4ccc(Cl)cc4)CC3)nc(OCC(F)(F)F)n2)cc1)C(=O)O. The smallest absolute Gasteiger partial charge is 0.422 e. The van der Waals surface area contributed by atoms with E-state index in [0.717, 1.165) is 18.4 Å². The number of ether oxygens (including phenoxy) is 2. The predicted molar refractivity (Wildman–Crippen MR) is 152 cm³/mol. The molecule has 1 amide bonds. The number of nitrogens with one attached hydrogen (secondary N) is 3. The van der Waals surface area contributed by atoms with Gasteiger partial charge in [-0.05, 0) is 74.1 Å². The van der Waals surface area contributed by atoms with E-state index in [2.05, 4.69) is 30.9 Å². The molecule has 0 aliphatic heterocycles. The van der Waals surface area contributed by atoms with Crippen LogP contribution in [-0.4, -0.2) is 64.5 Å². The standard InChI is InChI=1S/C28H30ClF3N6O5/c1-42-15-3-2-4-21(23(40)41)34-22(39)17-5-11-20(12-6-17)33-24-35-25(37-26(36-24)43-16-28(30,31)32)38-27(13-14-27)18-7-9-19(29)10-8-18/h5-12,21H,2-4,13-16H2,1H3,(H,34,39)(H,40,41)(H2,33,35,36,37,38)/t21-/m0/s1. The first-order chi connectivity index (χ1) is 20.5. The van der Waals surface area contributed by atoms with Crippen LogP contribution in [0.5, 0.6) is 6.01 Å². The van der Waals surface area contributed by atoms with Gasteiger partial charge in [-0.25, -0.2) is 4.79 Å². The number of carboxylic acids is 1. The number of alkyl halides is 3.